The van der Waals surface area contributed by atoms with Crippen molar-refractivity contribution >= 4 is 11.9 Å². The van der Waals surface area contributed by atoms with Gasteiger partial charge in [-0.2, -0.15) is 0 Å². The van der Waals surface area contributed by atoms with Gasteiger partial charge in [-0.25, -0.2) is 0 Å². The average Bonchev–Trinajstić information content (AvgIpc) is 3.27. The Kier molecular flexibility index (Phi) is 3.23. The first-order chi connectivity index (χ1) is 9.24. The van der Waals surface area contributed by atoms with E-state index in [0.717, 1.165) is 31.2 Å². The van der Waals surface area contributed by atoms with Crippen molar-refractivity contribution in [3.8, 4) is 0 Å². The van der Waals surface area contributed by atoms with E-state index in [1.54, 1.807) is 0 Å². The maximum absolute atomic E-state index is 12.2. The second kappa shape index (κ2) is 5.03. The first kappa shape index (κ1) is 12.2. The van der Waals surface area contributed by atoms with E-state index < -0.39 is 6.10 Å². The summed E-state index contributed by atoms with van der Waals surface area (Å²) < 4.78 is 5.40. The van der Waals surface area contributed by atoms with Gasteiger partial charge in [-0.1, -0.05) is 30.3 Å². The first-order valence-corrected chi connectivity index (χ1v) is 6.80. The standard InChI is InChI=1S/C15H17NO3/c17-14(16-12-8-9-12)13(10-4-2-1-3-5-10)19-15(18)11-6-7-11/h1-5,11-13H,6-9H2,(H,16,17)/t13-/m1/s1. The van der Waals surface area contributed by atoms with Crippen LogP contribution in [0.4, 0.5) is 0 Å². The van der Waals surface area contributed by atoms with Crippen LogP contribution in [0.15, 0.2) is 30.3 Å². The normalized spacial score (nSPS) is 19.6. The monoisotopic (exact) mass is 259 g/mol. The highest BCUT2D eigenvalue weighted by Crippen LogP contribution is 2.32. The second-order valence-corrected chi connectivity index (χ2v) is 5.28. The predicted octanol–water partition coefficient (Wildman–Crippen LogP) is 1.96. The molecule has 3 rings (SSSR count). The number of ether oxygens (including phenoxy) is 1. The van der Waals surface area contributed by atoms with E-state index in [9.17, 15) is 9.59 Å². The highest BCUT2D eigenvalue weighted by atomic mass is 16.5. The zero-order valence-corrected chi connectivity index (χ0v) is 10.7. The number of benzene rings is 1. The van der Waals surface area contributed by atoms with Crippen molar-refractivity contribution in [1.82, 2.24) is 5.32 Å². The number of carbonyl (C=O) groups is 2. The molecule has 2 aliphatic carbocycles. The molecule has 0 heterocycles. The molecular formula is C15H17NO3. The second-order valence-electron chi connectivity index (χ2n) is 5.28. The number of nitrogens with one attached hydrogen (secondary N) is 1. The highest BCUT2D eigenvalue weighted by Gasteiger charge is 2.36. The zero-order chi connectivity index (χ0) is 13.2. The van der Waals surface area contributed by atoms with Gasteiger partial charge in [0.15, 0.2) is 0 Å². The van der Waals surface area contributed by atoms with Gasteiger partial charge in [0.25, 0.3) is 5.91 Å². The summed E-state index contributed by atoms with van der Waals surface area (Å²) in [5.41, 5.74) is 0.731. The summed E-state index contributed by atoms with van der Waals surface area (Å²) in [5.74, 6) is -0.456. The highest BCUT2D eigenvalue weighted by molar-refractivity contribution is 5.86. The summed E-state index contributed by atoms with van der Waals surface area (Å²) in [6.07, 6.45) is 2.98. The van der Waals surface area contributed by atoms with Crippen molar-refractivity contribution in [2.75, 3.05) is 0 Å². The Bertz CT molecular complexity index is 477. The lowest BCUT2D eigenvalue weighted by atomic mass is 10.1. The van der Waals surface area contributed by atoms with Crippen LogP contribution >= 0.6 is 0 Å². The SMILES string of the molecule is O=C(O[C@@H](C(=O)NC1CC1)c1ccccc1)C1CC1. The van der Waals surface area contributed by atoms with Crippen molar-refractivity contribution in [2.45, 2.75) is 37.8 Å². The molecule has 0 aromatic heterocycles. The van der Waals surface area contributed by atoms with E-state index >= 15 is 0 Å². The van der Waals surface area contributed by atoms with Gasteiger partial charge in [-0.3, -0.25) is 9.59 Å². The third-order valence-electron chi connectivity index (χ3n) is 3.41. The van der Waals surface area contributed by atoms with Crippen LogP contribution in [0, 0.1) is 5.92 Å². The van der Waals surface area contributed by atoms with Crippen LogP contribution in [0.25, 0.3) is 0 Å². The average molecular weight is 259 g/mol. The lowest BCUT2D eigenvalue weighted by Gasteiger charge is -2.17. The van der Waals surface area contributed by atoms with Gasteiger partial charge in [-0.15, -0.1) is 0 Å². The molecule has 0 aliphatic heterocycles. The van der Waals surface area contributed by atoms with E-state index in [-0.39, 0.29) is 23.8 Å². The van der Waals surface area contributed by atoms with E-state index in [1.165, 1.54) is 0 Å². The Balaban J connectivity index is 1.73. The van der Waals surface area contributed by atoms with Crippen LogP contribution in [-0.2, 0) is 14.3 Å². The molecule has 2 aliphatic rings. The summed E-state index contributed by atoms with van der Waals surface area (Å²) in [6.45, 7) is 0. The van der Waals surface area contributed by atoms with E-state index in [2.05, 4.69) is 5.32 Å². The van der Waals surface area contributed by atoms with Gasteiger partial charge in [0, 0.05) is 11.6 Å². The molecular weight excluding hydrogens is 242 g/mol. The fraction of sp³-hybridized carbons (Fsp3) is 0.467. The summed E-state index contributed by atoms with van der Waals surface area (Å²) in [5, 5.41) is 2.90. The van der Waals surface area contributed by atoms with Gasteiger partial charge in [0.2, 0.25) is 6.10 Å². The molecule has 100 valence electrons. The maximum Gasteiger partial charge on any atom is 0.310 e. The third kappa shape index (κ3) is 3.13. The minimum absolute atomic E-state index is 0.0000581. The van der Waals surface area contributed by atoms with Gasteiger partial charge in [-0.05, 0) is 25.7 Å². The molecule has 0 radical (unpaired) electrons. The third-order valence-corrected chi connectivity index (χ3v) is 3.41. The number of carbonyl (C=O) groups excluding carboxylic acids is 2. The Morgan fingerprint density at radius 2 is 1.79 bits per heavy atom. The van der Waals surface area contributed by atoms with Gasteiger partial charge >= 0.3 is 5.97 Å². The molecule has 2 saturated carbocycles. The van der Waals surface area contributed by atoms with Gasteiger partial charge in [0.1, 0.15) is 0 Å². The van der Waals surface area contributed by atoms with Crippen molar-refractivity contribution in [3.63, 3.8) is 0 Å². The predicted molar refractivity (Wildman–Crippen MR) is 69.2 cm³/mol. The molecule has 4 nitrogen and oxygen atoms in total. The van der Waals surface area contributed by atoms with E-state index in [4.69, 9.17) is 4.74 Å². The van der Waals surface area contributed by atoms with Crippen LogP contribution in [0.1, 0.15) is 37.4 Å². The largest absolute Gasteiger partial charge is 0.447 e. The van der Waals surface area contributed by atoms with Crippen LogP contribution in [0.3, 0.4) is 0 Å². The number of hydrogen-bond donors (Lipinski definition) is 1. The summed E-state index contributed by atoms with van der Waals surface area (Å²) in [6, 6.07) is 9.46. The molecule has 0 spiro atoms. The van der Waals surface area contributed by atoms with Gasteiger partial charge in [0.05, 0.1) is 5.92 Å². The number of esters is 1. The molecule has 0 unspecified atom stereocenters. The molecule has 1 aromatic rings. The molecule has 1 aromatic carbocycles. The Labute approximate surface area is 112 Å². The van der Waals surface area contributed by atoms with Crippen molar-refractivity contribution < 1.29 is 14.3 Å². The minimum Gasteiger partial charge on any atom is -0.447 e. The van der Waals surface area contributed by atoms with E-state index in [1.807, 2.05) is 30.3 Å². The van der Waals surface area contributed by atoms with Crippen LogP contribution in [-0.4, -0.2) is 17.9 Å². The van der Waals surface area contributed by atoms with Crippen LogP contribution < -0.4 is 5.32 Å². The molecule has 0 bridgehead atoms. The molecule has 1 amide bonds. The lowest BCUT2D eigenvalue weighted by molar-refractivity contribution is -0.157. The quantitative estimate of drug-likeness (QED) is 0.822. The van der Waals surface area contributed by atoms with Crippen molar-refractivity contribution in [1.29, 1.82) is 0 Å². The Morgan fingerprint density at radius 3 is 2.37 bits per heavy atom. The zero-order valence-electron chi connectivity index (χ0n) is 10.7. The van der Waals surface area contributed by atoms with Gasteiger partial charge < -0.3 is 10.1 Å². The Hall–Kier alpha value is -1.84. The molecule has 1 atom stereocenters. The number of hydrogen-bond acceptors (Lipinski definition) is 3. The molecule has 0 saturated heterocycles. The molecule has 4 heteroatoms. The first-order valence-electron chi connectivity index (χ1n) is 6.80. The lowest BCUT2D eigenvalue weighted by Crippen LogP contribution is -2.33. The fourth-order valence-corrected chi connectivity index (χ4v) is 1.94. The van der Waals surface area contributed by atoms with Crippen molar-refractivity contribution in [2.24, 2.45) is 5.92 Å². The minimum atomic E-state index is -0.810. The summed E-state index contributed by atoms with van der Waals surface area (Å²) in [4.78, 5) is 24.0. The van der Waals surface area contributed by atoms with Crippen LogP contribution in [0.5, 0.6) is 0 Å². The fourth-order valence-electron chi connectivity index (χ4n) is 1.94. The van der Waals surface area contributed by atoms with Crippen LogP contribution in [0.2, 0.25) is 0 Å². The molecule has 2 fully saturated rings. The number of rotatable bonds is 5. The summed E-state index contributed by atoms with van der Waals surface area (Å²) >= 11 is 0. The van der Waals surface area contributed by atoms with E-state index in [0.29, 0.717) is 0 Å². The Morgan fingerprint density at radius 1 is 1.11 bits per heavy atom. The van der Waals surface area contributed by atoms with Crippen molar-refractivity contribution in [3.05, 3.63) is 35.9 Å². The molecule has 19 heavy (non-hydrogen) atoms. The number of amides is 1. The topological polar surface area (TPSA) is 55.4 Å². The maximum atomic E-state index is 12.2. The summed E-state index contributed by atoms with van der Waals surface area (Å²) in [7, 11) is 0. The smallest absolute Gasteiger partial charge is 0.310 e. The molecule has 1 N–H and O–H groups in total.